The molecule has 7 nitrogen and oxygen atoms in total. The lowest BCUT2D eigenvalue weighted by molar-refractivity contribution is -0.114. The first-order valence-electron chi connectivity index (χ1n) is 9.40. The number of Topliss-reactive ketones (excluding diaryl/α,β-unsaturated/α-hetero) is 1. The summed E-state index contributed by atoms with van der Waals surface area (Å²) in [6, 6.07) is 19.8. The lowest BCUT2D eigenvalue weighted by Gasteiger charge is -2.24. The van der Waals surface area contributed by atoms with Gasteiger partial charge in [-0.3, -0.25) is 13.9 Å². The van der Waals surface area contributed by atoms with Gasteiger partial charge in [-0.05, 0) is 67.6 Å². The lowest BCUT2D eigenvalue weighted by atomic mass is 10.1. The molecule has 3 aromatic rings. The molecule has 9 heteroatoms. The Hall–Kier alpha value is -3.67. The third kappa shape index (κ3) is 5.14. The van der Waals surface area contributed by atoms with Crippen LogP contribution in [0, 0.1) is 11.3 Å². The molecule has 0 unspecified atom stereocenters. The Morgan fingerprint density at radius 3 is 2.22 bits per heavy atom. The average Bonchev–Trinajstić information content (AvgIpc) is 2.78. The molecule has 1 N–H and O–H groups in total. The van der Waals surface area contributed by atoms with Crippen LogP contribution in [-0.2, 0) is 14.8 Å². The quantitative estimate of drug-likeness (QED) is 0.522. The largest absolute Gasteiger partial charge is 0.323 e. The van der Waals surface area contributed by atoms with E-state index in [9.17, 15) is 23.3 Å². The molecule has 32 heavy (non-hydrogen) atoms. The monoisotopic (exact) mass is 467 g/mol. The highest BCUT2D eigenvalue weighted by Gasteiger charge is 2.27. The molecule has 0 aromatic heterocycles. The van der Waals surface area contributed by atoms with Gasteiger partial charge in [0.25, 0.3) is 10.0 Å². The maximum Gasteiger partial charge on any atom is 0.264 e. The molecule has 3 aromatic carbocycles. The molecule has 0 aliphatic carbocycles. The fraction of sp³-hybridized carbons (Fsp3) is 0.0870. The standard InChI is InChI=1S/C23H18ClN3O4S/c1-16(28)17-6-10-20(11-7-17)27(32(30,31)21-12-8-19(24)9-13-21)15-23(29)26-22-5-3-2-4-18(22)14-25/h2-13H,15H2,1H3,(H,26,29). The number of hydrogen-bond donors (Lipinski definition) is 1. The van der Waals surface area contributed by atoms with Crippen LogP contribution in [0.5, 0.6) is 0 Å². The first kappa shape index (κ1) is 23.0. The van der Waals surface area contributed by atoms with E-state index in [1.807, 2.05) is 6.07 Å². The zero-order chi connectivity index (χ0) is 23.3. The van der Waals surface area contributed by atoms with Gasteiger partial charge in [-0.25, -0.2) is 8.42 Å². The van der Waals surface area contributed by atoms with Crippen LogP contribution < -0.4 is 9.62 Å². The van der Waals surface area contributed by atoms with Gasteiger partial charge in [-0.15, -0.1) is 0 Å². The van der Waals surface area contributed by atoms with Crippen molar-refractivity contribution in [3.05, 3.63) is 88.9 Å². The summed E-state index contributed by atoms with van der Waals surface area (Å²) in [6.45, 7) is 0.849. The predicted molar refractivity (Wildman–Crippen MR) is 122 cm³/mol. The molecular formula is C23H18ClN3O4S. The summed E-state index contributed by atoms with van der Waals surface area (Å²) in [5.74, 6) is -0.810. The molecule has 0 aliphatic rings. The number of carbonyl (C=O) groups excluding carboxylic acids is 2. The van der Waals surface area contributed by atoms with Crippen LogP contribution in [0.2, 0.25) is 5.02 Å². The highest BCUT2D eigenvalue weighted by molar-refractivity contribution is 7.92. The normalized spacial score (nSPS) is 10.8. The van der Waals surface area contributed by atoms with Gasteiger partial charge in [-0.1, -0.05) is 23.7 Å². The van der Waals surface area contributed by atoms with Crippen LogP contribution in [-0.4, -0.2) is 26.7 Å². The first-order valence-corrected chi connectivity index (χ1v) is 11.2. The van der Waals surface area contributed by atoms with Crippen LogP contribution >= 0.6 is 11.6 Å². The number of nitrogens with one attached hydrogen (secondary N) is 1. The second-order valence-corrected chi connectivity index (χ2v) is 9.07. The Labute approximate surface area is 190 Å². The summed E-state index contributed by atoms with van der Waals surface area (Å²) >= 11 is 5.88. The summed E-state index contributed by atoms with van der Waals surface area (Å²) in [5.41, 5.74) is 1.13. The highest BCUT2D eigenvalue weighted by atomic mass is 35.5. The van der Waals surface area contributed by atoms with Crippen LogP contribution in [0.15, 0.2) is 77.7 Å². The SMILES string of the molecule is CC(=O)c1ccc(N(CC(=O)Nc2ccccc2C#N)S(=O)(=O)c2ccc(Cl)cc2)cc1. The molecule has 0 bridgehead atoms. The summed E-state index contributed by atoms with van der Waals surface area (Å²) in [4.78, 5) is 24.3. The third-order valence-corrected chi connectivity index (χ3v) is 6.61. The van der Waals surface area contributed by atoms with Gasteiger partial charge in [0.15, 0.2) is 5.78 Å². The van der Waals surface area contributed by atoms with Crippen LogP contribution in [0.1, 0.15) is 22.8 Å². The van der Waals surface area contributed by atoms with E-state index in [0.29, 0.717) is 10.6 Å². The van der Waals surface area contributed by atoms with Gasteiger partial charge in [-0.2, -0.15) is 5.26 Å². The van der Waals surface area contributed by atoms with Gasteiger partial charge in [0, 0.05) is 10.6 Å². The van der Waals surface area contributed by atoms with Gasteiger partial charge < -0.3 is 5.32 Å². The number of rotatable bonds is 7. The highest BCUT2D eigenvalue weighted by Crippen LogP contribution is 2.25. The number of halogens is 1. The number of hydrogen-bond acceptors (Lipinski definition) is 5. The van der Waals surface area contributed by atoms with E-state index in [2.05, 4.69) is 5.32 Å². The molecule has 3 rings (SSSR count). The van der Waals surface area contributed by atoms with Crippen molar-refractivity contribution >= 4 is 44.7 Å². The number of nitriles is 1. The number of amides is 1. The smallest absolute Gasteiger partial charge is 0.264 e. The first-order chi connectivity index (χ1) is 15.2. The molecule has 0 radical (unpaired) electrons. The van der Waals surface area contributed by atoms with Crippen molar-refractivity contribution in [2.45, 2.75) is 11.8 Å². The maximum atomic E-state index is 13.4. The summed E-state index contributed by atoms with van der Waals surface area (Å²) in [7, 11) is -4.14. The topological polar surface area (TPSA) is 107 Å². The number of carbonyl (C=O) groups is 2. The number of nitrogens with zero attached hydrogens (tertiary/aromatic N) is 2. The van der Waals surface area contributed by atoms with Gasteiger partial charge in [0.05, 0.1) is 21.8 Å². The lowest BCUT2D eigenvalue weighted by Crippen LogP contribution is -2.38. The van der Waals surface area contributed by atoms with Gasteiger partial charge in [0.1, 0.15) is 12.6 Å². The average molecular weight is 468 g/mol. The fourth-order valence-corrected chi connectivity index (χ4v) is 4.47. The molecule has 162 valence electrons. The molecule has 1 amide bonds. The number of para-hydroxylation sites is 1. The van der Waals surface area contributed by atoms with E-state index in [1.54, 1.807) is 18.2 Å². The second-order valence-electron chi connectivity index (χ2n) is 6.77. The van der Waals surface area contributed by atoms with Crippen molar-refractivity contribution in [3.63, 3.8) is 0 Å². The van der Waals surface area contributed by atoms with Crippen LogP contribution in [0.4, 0.5) is 11.4 Å². The summed E-state index contributed by atoms with van der Waals surface area (Å²) in [6.07, 6.45) is 0. The molecule has 0 fully saturated rings. The Kier molecular flexibility index (Phi) is 6.93. The maximum absolute atomic E-state index is 13.4. The Balaban J connectivity index is 1.98. The Bertz CT molecular complexity index is 1300. The van der Waals surface area contributed by atoms with E-state index < -0.39 is 22.5 Å². The van der Waals surface area contributed by atoms with Crippen molar-refractivity contribution in [3.8, 4) is 6.07 Å². The summed E-state index contributed by atoms with van der Waals surface area (Å²) in [5, 5.41) is 12.2. The molecule has 0 saturated heterocycles. The minimum absolute atomic E-state index is 0.0530. The van der Waals surface area contributed by atoms with Crippen molar-refractivity contribution in [2.24, 2.45) is 0 Å². The van der Waals surface area contributed by atoms with Crippen molar-refractivity contribution in [2.75, 3.05) is 16.2 Å². The Morgan fingerprint density at radius 1 is 1.00 bits per heavy atom. The third-order valence-electron chi connectivity index (χ3n) is 4.57. The summed E-state index contributed by atoms with van der Waals surface area (Å²) < 4.78 is 27.6. The van der Waals surface area contributed by atoms with Crippen molar-refractivity contribution in [1.29, 1.82) is 5.26 Å². The molecule has 0 atom stereocenters. The number of anilines is 2. The molecular weight excluding hydrogens is 450 g/mol. The minimum Gasteiger partial charge on any atom is -0.323 e. The molecule has 0 heterocycles. The zero-order valence-corrected chi connectivity index (χ0v) is 18.5. The van der Waals surface area contributed by atoms with Crippen LogP contribution in [0.3, 0.4) is 0 Å². The predicted octanol–water partition coefficient (Wildman–Crippen LogP) is 4.25. The number of ketones is 1. The number of benzene rings is 3. The van der Waals surface area contributed by atoms with Crippen molar-refractivity contribution in [1.82, 2.24) is 0 Å². The van der Waals surface area contributed by atoms with E-state index in [4.69, 9.17) is 11.6 Å². The molecule has 0 aliphatic heterocycles. The van der Waals surface area contributed by atoms with Crippen molar-refractivity contribution < 1.29 is 18.0 Å². The van der Waals surface area contributed by atoms with E-state index in [1.165, 1.54) is 61.5 Å². The van der Waals surface area contributed by atoms with E-state index >= 15 is 0 Å². The fourth-order valence-electron chi connectivity index (χ4n) is 2.92. The number of sulfonamides is 1. The molecule has 0 saturated carbocycles. The second kappa shape index (κ2) is 9.64. The van der Waals surface area contributed by atoms with E-state index in [0.717, 1.165) is 4.31 Å². The van der Waals surface area contributed by atoms with Gasteiger partial charge in [0.2, 0.25) is 5.91 Å². The molecule has 0 spiro atoms. The van der Waals surface area contributed by atoms with Gasteiger partial charge >= 0.3 is 0 Å². The van der Waals surface area contributed by atoms with E-state index in [-0.39, 0.29) is 27.6 Å². The van der Waals surface area contributed by atoms with Crippen LogP contribution in [0.25, 0.3) is 0 Å². The Morgan fingerprint density at radius 2 is 1.62 bits per heavy atom. The zero-order valence-electron chi connectivity index (χ0n) is 16.9. The minimum atomic E-state index is -4.14.